The molecule has 0 saturated heterocycles. The first-order valence-electron chi connectivity index (χ1n) is 5.20. The van der Waals surface area contributed by atoms with Gasteiger partial charge in [-0.05, 0) is 48.8 Å². The lowest BCUT2D eigenvalue weighted by Crippen LogP contribution is -2.44. The van der Waals surface area contributed by atoms with Gasteiger partial charge in [0.05, 0.1) is 11.4 Å². The summed E-state index contributed by atoms with van der Waals surface area (Å²) in [5.41, 5.74) is 1.11. The molecule has 18 heavy (non-hydrogen) atoms. The SMILES string of the molecule is Cc1nc(Br)ccc1NC(=O)C(C)(C)S(C)(=O)=O. The Morgan fingerprint density at radius 2 is 1.94 bits per heavy atom. The van der Waals surface area contributed by atoms with E-state index in [4.69, 9.17) is 0 Å². The number of halogens is 1. The fourth-order valence-electron chi connectivity index (χ4n) is 1.10. The highest BCUT2D eigenvalue weighted by Crippen LogP contribution is 2.21. The summed E-state index contributed by atoms with van der Waals surface area (Å²) in [6.45, 7) is 4.48. The van der Waals surface area contributed by atoms with Crippen molar-refractivity contribution in [2.45, 2.75) is 25.5 Å². The summed E-state index contributed by atoms with van der Waals surface area (Å²) in [5, 5.41) is 2.58. The van der Waals surface area contributed by atoms with Crippen LogP contribution in [0.5, 0.6) is 0 Å². The van der Waals surface area contributed by atoms with E-state index in [0.29, 0.717) is 16.0 Å². The highest BCUT2D eigenvalue weighted by atomic mass is 79.9. The summed E-state index contributed by atoms with van der Waals surface area (Å²) in [6.07, 6.45) is 1.04. The highest BCUT2D eigenvalue weighted by molar-refractivity contribution is 9.10. The van der Waals surface area contributed by atoms with Crippen molar-refractivity contribution in [1.29, 1.82) is 0 Å². The Morgan fingerprint density at radius 1 is 1.39 bits per heavy atom. The number of sulfone groups is 1. The predicted octanol–water partition coefficient (Wildman–Crippen LogP) is 1.91. The smallest absolute Gasteiger partial charge is 0.245 e. The minimum atomic E-state index is -3.48. The number of pyridine rings is 1. The molecular formula is C11H15BrN2O3S. The topological polar surface area (TPSA) is 76.1 Å². The van der Waals surface area contributed by atoms with Gasteiger partial charge < -0.3 is 5.32 Å². The lowest BCUT2D eigenvalue weighted by Gasteiger charge is -2.21. The molecule has 0 unspecified atom stereocenters. The Balaban J connectivity index is 3.02. The number of carbonyl (C=O) groups excluding carboxylic acids is 1. The van der Waals surface area contributed by atoms with Crippen LogP contribution in [0.15, 0.2) is 16.7 Å². The summed E-state index contributed by atoms with van der Waals surface area (Å²) < 4.78 is 22.3. The number of rotatable bonds is 3. The summed E-state index contributed by atoms with van der Waals surface area (Å²) in [4.78, 5) is 16.1. The molecule has 100 valence electrons. The maximum Gasteiger partial charge on any atom is 0.245 e. The number of anilines is 1. The van der Waals surface area contributed by atoms with E-state index in [-0.39, 0.29) is 0 Å². The van der Waals surface area contributed by atoms with E-state index in [2.05, 4.69) is 26.2 Å². The maximum atomic E-state index is 12.0. The molecule has 0 spiro atoms. The van der Waals surface area contributed by atoms with Gasteiger partial charge in [0.15, 0.2) is 9.84 Å². The van der Waals surface area contributed by atoms with Crippen molar-refractivity contribution in [3.63, 3.8) is 0 Å². The van der Waals surface area contributed by atoms with Crippen molar-refractivity contribution >= 4 is 37.4 Å². The fourth-order valence-corrected chi connectivity index (χ4v) is 1.89. The van der Waals surface area contributed by atoms with Crippen LogP contribution in [-0.2, 0) is 14.6 Å². The molecule has 1 heterocycles. The largest absolute Gasteiger partial charge is 0.323 e. The van der Waals surface area contributed by atoms with E-state index >= 15 is 0 Å². The molecular weight excluding hydrogens is 320 g/mol. The van der Waals surface area contributed by atoms with Gasteiger partial charge in [-0.1, -0.05) is 0 Å². The average Bonchev–Trinajstić information content (AvgIpc) is 2.20. The Bertz CT molecular complexity index is 582. The van der Waals surface area contributed by atoms with Crippen LogP contribution in [0.25, 0.3) is 0 Å². The summed E-state index contributed by atoms with van der Waals surface area (Å²) in [7, 11) is -3.48. The molecule has 0 radical (unpaired) electrons. The van der Waals surface area contributed by atoms with Gasteiger partial charge >= 0.3 is 0 Å². The number of amides is 1. The first-order valence-corrected chi connectivity index (χ1v) is 7.88. The molecule has 0 bridgehead atoms. The molecule has 1 amide bonds. The van der Waals surface area contributed by atoms with Crippen molar-refractivity contribution in [3.05, 3.63) is 22.4 Å². The van der Waals surface area contributed by atoms with E-state index in [1.165, 1.54) is 13.8 Å². The normalized spacial score (nSPS) is 12.3. The van der Waals surface area contributed by atoms with Crippen LogP contribution in [0, 0.1) is 6.92 Å². The number of nitrogens with one attached hydrogen (secondary N) is 1. The van der Waals surface area contributed by atoms with Crippen molar-refractivity contribution < 1.29 is 13.2 Å². The quantitative estimate of drug-likeness (QED) is 0.856. The lowest BCUT2D eigenvalue weighted by atomic mass is 10.2. The van der Waals surface area contributed by atoms with Gasteiger partial charge in [-0.2, -0.15) is 0 Å². The van der Waals surface area contributed by atoms with Gasteiger partial charge in [-0.25, -0.2) is 13.4 Å². The second-order valence-electron chi connectivity index (χ2n) is 4.50. The number of nitrogens with zero attached hydrogens (tertiary/aromatic N) is 1. The number of hydrogen-bond acceptors (Lipinski definition) is 4. The van der Waals surface area contributed by atoms with E-state index in [1.54, 1.807) is 19.1 Å². The van der Waals surface area contributed by atoms with Crippen molar-refractivity contribution in [1.82, 2.24) is 4.98 Å². The van der Waals surface area contributed by atoms with Crippen LogP contribution >= 0.6 is 15.9 Å². The third-order valence-corrected chi connectivity index (χ3v) is 5.25. The molecule has 0 atom stereocenters. The zero-order valence-electron chi connectivity index (χ0n) is 10.6. The van der Waals surface area contributed by atoms with Gasteiger partial charge in [-0.3, -0.25) is 4.79 Å². The first kappa shape index (κ1) is 15.1. The second kappa shape index (κ2) is 4.97. The van der Waals surface area contributed by atoms with Crippen LogP contribution < -0.4 is 5.32 Å². The molecule has 1 aromatic heterocycles. The number of aromatic nitrogens is 1. The van der Waals surface area contributed by atoms with Gasteiger partial charge in [0.2, 0.25) is 5.91 Å². The molecule has 1 N–H and O–H groups in total. The molecule has 0 aromatic carbocycles. The zero-order chi connectivity index (χ0) is 14.1. The van der Waals surface area contributed by atoms with Crippen LogP contribution in [0.2, 0.25) is 0 Å². The first-order chi connectivity index (χ1) is 8.05. The standard InChI is InChI=1S/C11H15BrN2O3S/c1-7-8(5-6-9(12)13-7)14-10(15)11(2,3)18(4,16)17/h5-6H,1-4H3,(H,14,15). The Kier molecular flexibility index (Phi) is 4.17. The minimum absolute atomic E-state index is 0.500. The second-order valence-corrected chi connectivity index (χ2v) is 7.88. The third kappa shape index (κ3) is 3.08. The van der Waals surface area contributed by atoms with Crippen molar-refractivity contribution in [3.8, 4) is 0 Å². The molecule has 5 nitrogen and oxygen atoms in total. The molecule has 0 aliphatic rings. The van der Waals surface area contributed by atoms with E-state index in [0.717, 1.165) is 6.26 Å². The Labute approximate surface area is 115 Å². The summed E-state index contributed by atoms with van der Waals surface area (Å²) in [5.74, 6) is -0.572. The molecule has 0 aliphatic carbocycles. The van der Waals surface area contributed by atoms with Gasteiger partial charge in [0.25, 0.3) is 0 Å². The van der Waals surface area contributed by atoms with Gasteiger partial charge in [-0.15, -0.1) is 0 Å². The molecule has 7 heteroatoms. The van der Waals surface area contributed by atoms with E-state index in [1.807, 2.05) is 0 Å². The molecule has 0 fully saturated rings. The fraction of sp³-hybridized carbons (Fsp3) is 0.455. The maximum absolute atomic E-state index is 12.0. The average molecular weight is 335 g/mol. The molecule has 0 aliphatic heterocycles. The zero-order valence-corrected chi connectivity index (χ0v) is 13.0. The molecule has 1 rings (SSSR count). The number of carbonyl (C=O) groups is 1. The predicted molar refractivity (Wildman–Crippen MR) is 74.2 cm³/mol. The Hall–Kier alpha value is -0.950. The van der Waals surface area contributed by atoms with Crippen LogP contribution in [0.3, 0.4) is 0 Å². The molecule has 1 aromatic rings. The van der Waals surface area contributed by atoms with Gasteiger partial charge in [0, 0.05) is 6.26 Å². The lowest BCUT2D eigenvalue weighted by molar-refractivity contribution is -0.117. The van der Waals surface area contributed by atoms with Crippen molar-refractivity contribution in [2.24, 2.45) is 0 Å². The Morgan fingerprint density at radius 3 is 2.39 bits per heavy atom. The number of hydrogen-bond donors (Lipinski definition) is 1. The van der Waals surface area contributed by atoms with Crippen LogP contribution in [0.4, 0.5) is 5.69 Å². The minimum Gasteiger partial charge on any atom is -0.323 e. The summed E-state index contributed by atoms with van der Waals surface area (Å²) in [6, 6.07) is 3.35. The molecule has 0 saturated carbocycles. The third-order valence-electron chi connectivity index (χ3n) is 2.77. The van der Waals surface area contributed by atoms with E-state index in [9.17, 15) is 13.2 Å². The van der Waals surface area contributed by atoms with Gasteiger partial charge in [0.1, 0.15) is 9.35 Å². The van der Waals surface area contributed by atoms with Crippen LogP contribution in [-0.4, -0.2) is 30.3 Å². The summed E-state index contributed by atoms with van der Waals surface area (Å²) >= 11 is 3.21. The highest BCUT2D eigenvalue weighted by Gasteiger charge is 2.38. The van der Waals surface area contributed by atoms with Crippen molar-refractivity contribution in [2.75, 3.05) is 11.6 Å². The van der Waals surface area contributed by atoms with Crippen LogP contribution in [0.1, 0.15) is 19.5 Å². The monoisotopic (exact) mass is 334 g/mol. The number of aryl methyl sites for hydroxylation is 1. The van der Waals surface area contributed by atoms with E-state index < -0.39 is 20.5 Å².